The summed E-state index contributed by atoms with van der Waals surface area (Å²) in [6.45, 7) is 2.91. The van der Waals surface area contributed by atoms with Crippen molar-refractivity contribution in [1.82, 2.24) is 9.55 Å². The molecule has 3 nitrogen and oxygen atoms in total. The van der Waals surface area contributed by atoms with Crippen LogP contribution < -0.4 is 5.73 Å². The van der Waals surface area contributed by atoms with Crippen molar-refractivity contribution in [2.45, 2.75) is 25.9 Å². The van der Waals surface area contributed by atoms with Gasteiger partial charge in [-0.2, -0.15) is 0 Å². The molecule has 1 atom stereocenters. The average Bonchev–Trinajstić information content (AvgIpc) is 2.80. The summed E-state index contributed by atoms with van der Waals surface area (Å²) < 4.78 is 16.6. The third-order valence-electron chi connectivity index (χ3n) is 2.78. The third kappa shape index (κ3) is 2.62. The van der Waals surface area contributed by atoms with Gasteiger partial charge in [0.05, 0.1) is 6.04 Å². The lowest BCUT2D eigenvalue weighted by Gasteiger charge is -2.15. The maximum Gasteiger partial charge on any atom is 0.130 e. The lowest BCUT2D eigenvalue weighted by atomic mass is 10.1. The van der Waals surface area contributed by atoms with Crippen molar-refractivity contribution in [2.24, 2.45) is 5.73 Å². The minimum atomic E-state index is -0.552. The molecule has 2 aromatic rings. The number of nitrogens with two attached hydrogens (primary N) is 1. The second kappa shape index (κ2) is 5.63. The number of rotatable bonds is 4. The molecular formula is C13H15BrFN3. The molecule has 0 amide bonds. The maximum absolute atomic E-state index is 13.8. The predicted octanol–water partition coefficient (Wildman–Crippen LogP) is 3.24. The van der Waals surface area contributed by atoms with Crippen LogP contribution in [0.25, 0.3) is 0 Å². The Bertz CT molecular complexity index is 539. The fraction of sp³-hybridized carbons (Fsp3) is 0.308. The van der Waals surface area contributed by atoms with Crippen molar-refractivity contribution in [3.8, 4) is 0 Å². The van der Waals surface area contributed by atoms with Gasteiger partial charge >= 0.3 is 0 Å². The van der Waals surface area contributed by atoms with Gasteiger partial charge in [0.15, 0.2) is 0 Å². The van der Waals surface area contributed by atoms with E-state index in [1.807, 2.05) is 10.8 Å². The van der Waals surface area contributed by atoms with E-state index in [9.17, 15) is 4.39 Å². The highest BCUT2D eigenvalue weighted by atomic mass is 79.9. The molecule has 18 heavy (non-hydrogen) atoms. The molecular weight excluding hydrogens is 297 g/mol. The van der Waals surface area contributed by atoms with Crippen LogP contribution in [0.1, 0.15) is 30.8 Å². The summed E-state index contributed by atoms with van der Waals surface area (Å²) in [7, 11) is 0. The zero-order valence-corrected chi connectivity index (χ0v) is 11.7. The van der Waals surface area contributed by atoms with Gasteiger partial charge in [0, 0.05) is 29.0 Å². The highest BCUT2D eigenvalue weighted by molar-refractivity contribution is 9.10. The van der Waals surface area contributed by atoms with Gasteiger partial charge in [0.25, 0.3) is 0 Å². The molecule has 0 fully saturated rings. The molecule has 2 N–H and O–H groups in total. The van der Waals surface area contributed by atoms with Crippen molar-refractivity contribution in [1.29, 1.82) is 0 Å². The minimum absolute atomic E-state index is 0.309. The molecule has 5 heteroatoms. The van der Waals surface area contributed by atoms with Crippen LogP contribution in [-0.4, -0.2) is 9.55 Å². The molecule has 0 bridgehead atoms. The van der Waals surface area contributed by atoms with Gasteiger partial charge in [-0.05, 0) is 24.6 Å². The number of benzene rings is 1. The quantitative estimate of drug-likeness (QED) is 0.942. The van der Waals surface area contributed by atoms with Crippen LogP contribution in [0.2, 0.25) is 0 Å². The van der Waals surface area contributed by atoms with Crippen LogP contribution >= 0.6 is 15.9 Å². The number of hydrogen-bond acceptors (Lipinski definition) is 2. The summed E-state index contributed by atoms with van der Waals surface area (Å²) in [5, 5.41) is 0. The van der Waals surface area contributed by atoms with Gasteiger partial charge in [0.1, 0.15) is 11.6 Å². The summed E-state index contributed by atoms with van der Waals surface area (Å²) in [5.41, 5.74) is 6.57. The molecule has 0 aliphatic rings. The maximum atomic E-state index is 13.8. The molecule has 0 radical (unpaired) electrons. The first-order valence-electron chi connectivity index (χ1n) is 5.85. The number of halogens is 2. The van der Waals surface area contributed by atoms with Gasteiger partial charge in [-0.25, -0.2) is 9.37 Å². The molecule has 96 valence electrons. The summed E-state index contributed by atoms with van der Waals surface area (Å²) in [6, 6.07) is 4.21. The molecule has 1 aromatic carbocycles. The minimum Gasteiger partial charge on any atom is -0.333 e. The molecule has 1 heterocycles. The van der Waals surface area contributed by atoms with Crippen molar-refractivity contribution < 1.29 is 4.39 Å². The van der Waals surface area contributed by atoms with Crippen molar-refractivity contribution >= 4 is 15.9 Å². The van der Waals surface area contributed by atoms with E-state index in [4.69, 9.17) is 5.73 Å². The summed E-state index contributed by atoms with van der Waals surface area (Å²) in [5.74, 6) is 0.380. The highest BCUT2D eigenvalue weighted by Crippen LogP contribution is 2.24. The Labute approximate surface area is 114 Å². The SMILES string of the molecule is CCCn1ccnc1C(N)c1cc(Br)ccc1F. The van der Waals surface area contributed by atoms with Gasteiger partial charge < -0.3 is 10.3 Å². The first kappa shape index (κ1) is 13.2. The van der Waals surface area contributed by atoms with Crippen LogP contribution in [0.4, 0.5) is 4.39 Å². The van der Waals surface area contributed by atoms with E-state index < -0.39 is 6.04 Å². The van der Waals surface area contributed by atoms with Gasteiger partial charge in [-0.15, -0.1) is 0 Å². The molecule has 2 rings (SSSR count). The molecule has 0 spiro atoms. The second-order valence-electron chi connectivity index (χ2n) is 4.12. The smallest absolute Gasteiger partial charge is 0.130 e. The van der Waals surface area contributed by atoms with E-state index in [0.717, 1.165) is 17.4 Å². The Kier molecular flexibility index (Phi) is 4.14. The molecule has 0 saturated carbocycles. The molecule has 0 aliphatic carbocycles. The number of aromatic nitrogens is 2. The monoisotopic (exact) mass is 311 g/mol. The van der Waals surface area contributed by atoms with Crippen molar-refractivity contribution in [3.63, 3.8) is 0 Å². The Balaban J connectivity index is 2.38. The predicted molar refractivity (Wildman–Crippen MR) is 72.6 cm³/mol. The number of nitrogens with zero attached hydrogens (tertiary/aromatic N) is 2. The Hall–Kier alpha value is -1.20. The normalized spacial score (nSPS) is 12.7. The number of imidazole rings is 1. The van der Waals surface area contributed by atoms with Gasteiger partial charge in [0.2, 0.25) is 0 Å². The van der Waals surface area contributed by atoms with E-state index in [2.05, 4.69) is 27.8 Å². The summed E-state index contributed by atoms with van der Waals surface area (Å²) in [4.78, 5) is 4.24. The zero-order chi connectivity index (χ0) is 13.1. The fourth-order valence-electron chi connectivity index (χ4n) is 1.92. The van der Waals surface area contributed by atoms with E-state index in [1.54, 1.807) is 18.3 Å². The highest BCUT2D eigenvalue weighted by Gasteiger charge is 2.18. The fourth-order valence-corrected chi connectivity index (χ4v) is 2.30. The molecule has 1 aromatic heterocycles. The Morgan fingerprint density at radius 3 is 3.00 bits per heavy atom. The zero-order valence-electron chi connectivity index (χ0n) is 10.1. The Morgan fingerprint density at radius 1 is 1.50 bits per heavy atom. The summed E-state index contributed by atoms with van der Waals surface area (Å²) in [6.07, 6.45) is 4.55. The molecule has 0 aliphatic heterocycles. The number of hydrogen-bond donors (Lipinski definition) is 1. The second-order valence-corrected chi connectivity index (χ2v) is 5.04. The van der Waals surface area contributed by atoms with Crippen molar-refractivity contribution in [3.05, 3.63) is 52.3 Å². The lowest BCUT2D eigenvalue weighted by molar-refractivity contribution is 0.570. The topological polar surface area (TPSA) is 43.8 Å². The van der Waals surface area contributed by atoms with E-state index in [0.29, 0.717) is 11.4 Å². The van der Waals surface area contributed by atoms with E-state index in [-0.39, 0.29) is 5.82 Å². The first-order chi connectivity index (χ1) is 8.63. The largest absolute Gasteiger partial charge is 0.333 e. The molecule has 0 saturated heterocycles. The van der Waals surface area contributed by atoms with Crippen LogP contribution in [0.5, 0.6) is 0 Å². The molecule has 1 unspecified atom stereocenters. The number of aryl methyl sites for hydroxylation is 1. The van der Waals surface area contributed by atoms with E-state index in [1.165, 1.54) is 6.07 Å². The van der Waals surface area contributed by atoms with Crippen LogP contribution in [-0.2, 0) is 6.54 Å². The average molecular weight is 312 g/mol. The Morgan fingerprint density at radius 2 is 2.28 bits per heavy atom. The summed E-state index contributed by atoms with van der Waals surface area (Å²) >= 11 is 3.33. The van der Waals surface area contributed by atoms with E-state index >= 15 is 0 Å². The van der Waals surface area contributed by atoms with Crippen LogP contribution in [0.3, 0.4) is 0 Å². The van der Waals surface area contributed by atoms with Crippen LogP contribution in [0, 0.1) is 5.82 Å². The standard InChI is InChI=1S/C13H15BrFN3/c1-2-6-18-7-5-17-13(18)12(16)10-8-9(14)3-4-11(10)15/h3-5,7-8,12H,2,6,16H2,1H3. The van der Waals surface area contributed by atoms with Gasteiger partial charge in [-0.1, -0.05) is 22.9 Å². The third-order valence-corrected chi connectivity index (χ3v) is 3.28. The lowest BCUT2D eigenvalue weighted by Crippen LogP contribution is -2.19. The first-order valence-corrected chi connectivity index (χ1v) is 6.64. The van der Waals surface area contributed by atoms with Gasteiger partial charge in [-0.3, -0.25) is 0 Å². The van der Waals surface area contributed by atoms with Crippen LogP contribution in [0.15, 0.2) is 35.1 Å². The van der Waals surface area contributed by atoms with Crippen molar-refractivity contribution in [2.75, 3.05) is 0 Å².